The molecule has 0 aliphatic rings. The van der Waals surface area contributed by atoms with Crippen molar-refractivity contribution in [3.05, 3.63) is 33.5 Å². The lowest BCUT2D eigenvalue weighted by molar-refractivity contribution is -0.139. The number of esters is 1. The number of alkyl halides is 3. The molecule has 0 spiro atoms. The normalized spacial score (nSPS) is 11.3. The summed E-state index contributed by atoms with van der Waals surface area (Å²) >= 11 is 2.50. The molecule has 0 atom stereocenters. The maximum atomic E-state index is 13.4. The quantitative estimate of drug-likeness (QED) is 0.366. The lowest BCUT2D eigenvalue weighted by atomic mass is 10.1. The summed E-state index contributed by atoms with van der Waals surface area (Å²) in [6.07, 6.45) is -4.78. The van der Waals surface area contributed by atoms with E-state index < -0.39 is 39.3 Å². The average Bonchev–Trinajstić information content (AvgIpc) is 2.27. The molecule has 0 unspecified atom stereocenters. The highest BCUT2D eigenvalue weighted by atomic mass is 79.9. The topological polar surface area (TPSA) is 43.4 Å². The van der Waals surface area contributed by atoms with Crippen LogP contribution in [0.3, 0.4) is 0 Å². The second-order valence-corrected chi connectivity index (χ2v) is 4.12. The van der Waals surface area contributed by atoms with Crippen LogP contribution in [0.4, 0.5) is 17.6 Å². The molecule has 0 aliphatic heterocycles. The summed E-state index contributed by atoms with van der Waals surface area (Å²) in [5, 5.41) is 0. The van der Waals surface area contributed by atoms with E-state index in [0.29, 0.717) is 12.1 Å². The summed E-state index contributed by atoms with van der Waals surface area (Å²) in [4.78, 5) is 22.7. The maximum absolute atomic E-state index is 13.4. The molecule has 19 heavy (non-hydrogen) atoms. The van der Waals surface area contributed by atoms with Crippen LogP contribution in [0.1, 0.15) is 22.8 Å². The molecule has 1 aromatic rings. The van der Waals surface area contributed by atoms with Crippen LogP contribution in [0.5, 0.6) is 0 Å². The summed E-state index contributed by atoms with van der Waals surface area (Å²) in [7, 11) is 0. The number of hydrogen-bond donors (Lipinski definition) is 0. The molecule has 1 aromatic carbocycles. The van der Waals surface area contributed by atoms with E-state index in [1.54, 1.807) is 0 Å². The van der Waals surface area contributed by atoms with Gasteiger partial charge in [0.25, 0.3) is 5.78 Å². The van der Waals surface area contributed by atoms with Crippen LogP contribution >= 0.6 is 15.9 Å². The third-order valence-electron chi connectivity index (χ3n) is 2.08. The summed E-state index contributed by atoms with van der Waals surface area (Å²) < 4.78 is 54.7. The van der Waals surface area contributed by atoms with Crippen LogP contribution in [0.25, 0.3) is 0 Å². The molecule has 0 amide bonds. The molecule has 0 aromatic heterocycles. The number of carbonyl (C=O) groups excluding carboxylic acids is 2. The molecule has 0 N–H and O–H groups in total. The van der Waals surface area contributed by atoms with Gasteiger partial charge in [0.1, 0.15) is 5.82 Å². The van der Waals surface area contributed by atoms with Crippen LogP contribution in [0.15, 0.2) is 16.6 Å². The largest absolute Gasteiger partial charge is 0.460 e. The van der Waals surface area contributed by atoms with Crippen LogP contribution in [-0.4, -0.2) is 18.4 Å². The molecule has 0 fully saturated rings. The number of ketones is 1. The summed E-state index contributed by atoms with van der Waals surface area (Å²) in [5.74, 6) is -4.13. The van der Waals surface area contributed by atoms with Gasteiger partial charge in [0.2, 0.25) is 0 Å². The molecule has 8 heteroatoms. The molecular weight excluding hydrogens is 336 g/mol. The first kappa shape index (κ1) is 15.6. The number of carbonyl (C=O) groups is 2. The fourth-order valence-corrected chi connectivity index (χ4v) is 2.00. The Hall–Kier alpha value is -1.44. The Balaban J connectivity index is 3.36. The highest BCUT2D eigenvalue weighted by Crippen LogP contribution is 2.37. The van der Waals surface area contributed by atoms with Gasteiger partial charge in [-0.25, -0.2) is 9.18 Å². The predicted octanol–water partition coefficient (Wildman–Crippen LogP) is 3.35. The fraction of sp³-hybridized carbons (Fsp3) is 0.273. The molecule has 0 heterocycles. The van der Waals surface area contributed by atoms with Crippen molar-refractivity contribution in [3.63, 3.8) is 0 Å². The highest BCUT2D eigenvalue weighted by Gasteiger charge is 2.36. The Morgan fingerprint density at radius 1 is 1.32 bits per heavy atom. The van der Waals surface area contributed by atoms with Crippen molar-refractivity contribution in [2.45, 2.75) is 13.1 Å². The highest BCUT2D eigenvalue weighted by molar-refractivity contribution is 9.10. The van der Waals surface area contributed by atoms with Crippen molar-refractivity contribution >= 4 is 27.7 Å². The molecule has 0 saturated heterocycles. The van der Waals surface area contributed by atoms with Gasteiger partial charge < -0.3 is 4.74 Å². The first-order chi connectivity index (χ1) is 8.70. The third kappa shape index (κ3) is 3.31. The van der Waals surface area contributed by atoms with E-state index in [1.165, 1.54) is 6.92 Å². The summed E-state index contributed by atoms with van der Waals surface area (Å²) in [6, 6.07) is 0.946. The smallest absolute Gasteiger partial charge is 0.417 e. The monoisotopic (exact) mass is 342 g/mol. The molecule has 0 aliphatic carbocycles. The second-order valence-electron chi connectivity index (χ2n) is 3.33. The zero-order valence-corrected chi connectivity index (χ0v) is 11.1. The van der Waals surface area contributed by atoms with E-state index in [0.717, 1.165) is 0 Å². The van der Waals surface area contributed by atoms with E-state index in [-0.39, 0.29) is 6.61 Å². The van der Waals surface area contributed by atoms with Gasteiger partial charge in [-0.3, -0.25) is 4.79 Å². The maximum Gasteiger partial charge on any atom is 0.417 e. The van der Waals surface area contributed by atoms with Gasteiger partial charge in [-0.1, -0.05) is 0 Å². The Morgan fingerprint density at radius 3 is 2.37 bits per heavy atom. The van der Waals surface area contributed by atoms with Gasteiger partial charge in [-0.2, -0.15) is 13.2 Å². The zero-order chi connectivity index (χ0) is 14.8. The molecule has 1 rings (SSSR count). The van der Waals surface area contributed by atoms with Gasteiger partial charge in [-0.05, 0) is 35.0 Å². The molecular formula is C11H7BrF4O3. The van der Waals surface area contributed by atoms with Gasteiger partial charge >= 0.3 is 12.1 Å². The van der Waals surface area contributed by atoms with Crippen LogP contribution in [0.2, 0.25) is 0 Å². The van der Waals surface area contributed by atoms with Crippen molar-refractivity contribution in [1.82, 2.24) is 0 Å². The lowest BCUT2D eigenvalue weighted by Gasteiger charge is -2.12. The van der Waals surface area contributed by atoms with Crippen LogP contribution in [0, 0.1) is 5.82 Å². The Morgan fingerprint density at radius 2 is 1.89 bits per heavy atom. The van der Waals surface area contributed by atoms with E-state index in [2.05, 4.69) is 20.7 Å². The number of hydrogen-bond acceptors (Lipinski definition) is 3. The molecule has 0 radical (unpaired) electrons. The number of rotatable bonds is 3. The van der Waals surface area contributed by atoms with Crippen LogP contribution < -0.4 is 0 Å². The molecule has 0 saturated carbocycles. The SMILES string of the molecule is CCOC(=O)C(=O)c1c(F)ccc(C(F)(F)F)c1Br. The van der Waals surface area contributed by atoms with Crippen molar-refractivity contribution in [1.29, 1.82) is 0 Å². The van der Waals surface area contributed by atoms with Crippen LogP contribution in [-0.2, 0) is 15.7 Å². The second kappa shape index (κ2) is 5.68. The lowest BCUT2D eigenvalue weighted by Crippen LogP contribution is -2.21. The van der Waals surface area contributed by atoms with Crippen molar-refractivity contribution in [2.75, 3.05) is 6.61 Å². The summed E-state index contributed by atoms with van der Waals surface area (Å²) in [5.41, 5.74) is -2.24. The minimum absolute atomic E-state index is 0.150. The third-order valence-corrected chi connectivity index (χ3v) is 2.91. The van der Waals surface area contributed by atoms with Crippen molar-refractivity contribution in [3.8, 4) is 0 Å². The van der Waals surface area contributed by atoms with Gasteiger partial charge in [-0.15, -0.1) is 0 Å². The first-order valence-electron chi connectivity index (χ1n) is 4.96. The van der Waals surface area contributed by atoms with Crippen molar-refractivity contribution < 1.29 is 31.9 Å². The molecule has 104 valence electrons. The number of Topliss-reactive ketones (excluding diaryl/α,β-unsaturated/α-hetero) is 1. The molecule has 3 nitrogen and oxygen atoms in total. The Bertz CT molecular complexity index is 525. The minimum Gasteiger partial charge on any atom is -0.460 e. The van der Waals surface area contributed by atoms with Gasteiger partial charge in [0.15, 0.2) is 0 Å². The standard InChI is InChI=1S/C11H7BrF4O3/c1-2-19-10(18)9(17)7-6(13)4-3-5(8(7)12)11(14,15)16/h3-4H,2H2,1H3. The number of halogens is 5. The minimum atomic E-state index is -4.78. The van der Waals surface area contributed by atoms with E-state index in [1.807, 2.05) is 0 Å². The fourth-order valence-electron chi connectivity index (χ4n) is 1.28. The van der Waals surface area contributed by atoms with Gasteiger partial charge in [0, 0.05) is 4.47 Å². The summed E-state index contributed by atoms with van der Waals surface area (Å²) in [6.45, 7) is 1.26. The Labute approximate surface area is 113 Å². The van der Waals surface area contributed by atoms with E-state index in [9.17, 15) is 27.2 Å². The number of ether oxygens (including phenoxy) is 1. The average molecular weight is 343 g/mol. The zero-order valence-electron chi connectivity index (χ0n) is 9.48. The van der Waals surface area contributed by atoms with E-state index >= 15 is 0 Å². The number of benzene rings is 1. The molecule has 0 bridgehead atoms. The van der Waals surface area contributed by atoms with E-state index in [4.69, 9.17) is 0 Å². The van der Waals surface area contributed by atoms with Crippen molar-refractivity contribution in [2.24, 2.45) is 0 Å². The Kier molecular flexibility index (Phi) is 4.67. The predicted molar refractivity (Wildman–Crippen MR) is 60.1 cm³/mol. The first-order valence-corrected chi connectivity index (χ1v) is 5.76. The van der Waals surface area contributed by atoms with Gasteiger partial charge in [0.05, 0.1) is 17.7 Å².